The Hall–Kier alpha value is -3.74. The van der Waals surface area contributed by atoms with Crippen LogP contribution < -0.4 is 5.32 Å². The van der Waals surface area contributed by atoms with Gasteiger partial charge in [0, 0.05) is 35.5 Å². The molecule has 0 amide bonds. The highest BCUT2D eigenvalue weighted by Gasteiger charge is 2.19. The zero-order valence-corrected chi connectivity index (χ0v) is 15.7. The van der Waals surface area contributed by atoms with Crippen LogP contribution in [0.5, 0.6) is 0 Å². The Morgan fingerprint density at radius 2 is 1.90 bits per heavy atom. The van der Waals surface area contributed by atoms with Crippen molar-refractivity contribution in [1.82, 2.24) is 4.98 Å². The second-order valence-electron chi connectivity index (χ2n) is 6.59. The number of fused-ring (bicyclic) bond motifs is 1. The minimum Gasteiger partial charge on any atom is -0.436 e. The van der Waals surface area contributed by atoms with Gasteiger partial charge in [-0.15, -0.1) is 0 Å². The van der Waals surface area contributed by atoms with E-state index in [1.54, 1.807) is 18.2 Å². The molecule has 146 valence electrons. The van der Waals surface area contributed by atoms with Crippen LogP contribution >= 0.6 is 0 Å². The number of nitro benzene ring substituents is 1. The van der Waals surface area contributed by atoms with Gasteiger partial charge in [-0.1, -0.05) is 25.1 Å². The molecule has 1 aromatic heterocycles. The molecule has 0 saturated carbocycles. The Kier molecular flexibility index (Phi) is 4.95. The van der Waals surface area contributed by atoms with Crippen LogP contribution in [0.25, 0.3) is 33.7 Å². The molecular formula is C22H18FN3O3. The van der Waals surface area contributed by atoms with Crippen LogP contribution in [0.2, 0.25) is 0 Å². The summed E-state index contributed by atoms with van der Waals surface area (Å²) in [5.41, 5.74) is 3.53. The van der Waals surface area contributed by atoms with Crippen molar-refractivity contribution < 1.29 is 13.7 Å². The van der Waals surface area contributed by atoms with Crippen LogP contribution in [0.3, 0.4) is 0 Å². The van der Waals surface area contributed by atoms with E-state index < -0.39 is 10.7 Å². The Morgan fingerprint density at radius 1 is 1.07 bits per heavy atom. The summed E-state index contributed by atoms with van der Waals surface area (Å²) in [6.07, 6.45) is 0.887. The lowest BCUT2D eigenvalue weighted by atomic mass is 9.97. The van der Waals surface area contributed by atoms with E-state index in [4.69, 9.17) is 4.42 Å². The van der Waals surface area contributed by atoms with Gasteiger partial charge in [0.15, 0.2) is 5.58 Å². The molecule has 0 radical (unpaired) electrons. The van der Waals surface area contributed by atoms with Crippen LogP contribution in [0.1, 0.15) is 13.3 Å². The fourth-order valence-corrected chi connectivity index (χ4v) is 3.20. The van der Waals surface area contributed by atoms with Gasteiger partial charge in [-0.3, -0.25) is 10.1 Å². The van der Waals surface area contributed by atoms with Gasteiger partial charge in [-0.05, 0) is 42.3 Å². The average molecular weight is 391 g/mol. The molecule has 29 heavy (non-hydrogen) atoms. The molecule has 3 aromatic carbocycles. The summed E-state index contributed by atoms with van der Waals surface area (Å²) in [7, 11) is 0. The van der Waals surface area contributed by atoms with Gasteiger partial charge in [0.1, 0.15) is 11.3 Å². The maximum Gasteiger partial charge on any atom is 0.270 e. The second-order valence-corrected chi connectivity index (χ2v) is 6.59. The van der Waals surface area contributed by atoms with Crippen molar-refractivity contribution in [2.24, 2.45) is 0 Å². The highest BCUT2D eigenvalue weighted by molar-refractivity contribution is 5.89. The maximum absolute atomic E-state index is 14.1. The molecule has 6 nitrogen and oxygen atoms in total. The minimum atomic E-state index is -0.449. The largest absolute Gasteiger partial charge is 0.436 e. The monoisotopic (exact) mass is 391 g/mol. The molecule has 0 unspecified atom stereocenters. The average Bonchev–Trinajstić information content (AvgIpc) is 3.16. The number of halogens is 1. The van der Waals surface area contributed by atoms with E-state index in [1.807, 2.05) is 25.1 Å². The van der Waals surface area contributed by atoms with E-state index in [1.165, 1.54) is 24.3 Å². The zero-order valence-electron chi connectivity index (χ0n) is 15.7. The summed E-state index contributed by atoms with van der Waals surface area (Å²) >= 11 is 0. The van der Waals surface area contributed by atoms with E-state index in [0.29, 0.717) is 34.3 Å². The molecular weight excluding hydrogens is 373 g/mol. The molecule has 0 aliphatic rings. The molecule has 1 N–H and O–H groups in total. The third-order valence-electron chi connectivity index (χ3n) is 4.58. The Balaban J connectivity index is 1.93. The minimum absolute atomic E-state index is 0.0464. The molecule has 0 aliphatic carbocycles. The number of anilines is 1. The van der Waals surface area contributed by atoms with Gasteiger partial charge in [0.2, 0.25) is 5.89 Å². The van der Waals surface area contributed by atoms with Crippen LogP contribution in [0, 0.1) is 15.9 Å². The molecule has 0 bridgehead atoms. The fourth-order valence-electron chi connectivity index (χ4n) is 3.20. The van der Waals surface area contributed by atoms with Gasteiger partial charge < -0.3 is 9.73 Å². The van der Waals surface area contributed by atoms with Crippen molar-refractivity contribution in [2.75, 3.05) is 11.9 Å². The summed E-state index contributed by atoms with van der Waals surface area (Å²) in [6.45, 7) is 2.73. The number of hydrogen-bond acceptors (Lipinski definition) is 5. The first kappa shape index (κ1) is 18.6. The Bertz CT molecular complexity index is 1170. The number of aromatic nitrogens is 1. The number of nitro groups is 1. The predicted octanol–water partition coefficient (Wildman–Crippen LogP) is 6.03. The quantitative estimate of drug-likeness (QED) is 0.320. The van der Waals surface area contributed by atoms with E-state index in [2.05, 4.69) is 10.3 Å². The highest BCUT2D eigenvalue weighted by Crippen LogP contribution is 2.39. The van der Waals surface area contributed by atoms with E-state index >= 15 is 0 Å². The summed E-state index contributed by atoms with van der Waals surface area (Å²) < 4.78 is 20.0. The number of non-ortho nitro benzene ring substituents is 1. The summed E-state index contributed by atoms with van der Waals surface area (Å²) in [4.78, 5) is 15.4. The molecule has 0 saturated heterocycles. The normalized spacial score (nSPS) is 11.0. The predicted molar refractivity (Wildman–Crippen MR) is 110 cm³/mol. The van der Waals surface area contributed by atoms with Crippen LogP contribution in [-0.4, -0.2) is 16.5 Å². The van der Waals surface area contributed by atoms with Crippen molar-refractivity contribution >= 4 is 22.5 Å². The summed E-state index contributed by atoms with van der Waals surface area (Å²) in [5.74, 6) is -0.187. The first-order valence-electron chi connectivity index (χ1n) is 9.25. The lowest BCUT2D eigenvalue weighted by Gasteiger charge is -2.14. The maximum atomic E-state index is 14.1. The summed E-state index contributed by atoms with van der Waals surface area (Å²) in [6, 6.07) is 16.1. The van der Waals surface area contributed by atoms with Crippen LogP contribution in [-0.2, 0) is 0 Å². The first-order valence-corrected chi connectivity index (χ1v) is 9.25. The van der Waals surface area contributed by atoms with Gasteiger partial charge in [-0.2, -0.15) is 0 Å². The van der Waals surface area contributed by atoms with Crippen LogP contribution in [0.15, 0.2) is 65.1 Å². The second kappa shape index (κ2) is 7.71. The standard InChI is InChI=1S/C22H18FN3O3/c1-2-11-24-19-10-8-15(26(27)28)13-17(19)16-9-7-14(23)12-18(16)22-25-20-5-3-4-6-21(20)29-22/h3-10,12-13,24H,2,11H2,1H3. The highest BCUT2D eigenvalue weighted by atomic mass is 19.1. The molecule has 0 aliphatic heterocycles. The number of benzene rings is 3. The lowest BCUT2D eigenvalue weighted by molar-refractivity contribution is -0.384. The number of para-hydroxylation sites is 2. The first-order chi connectivity index (χ1) is 14.1. The molecule has 4 rings (SSSR count). The number of rotatable bonds is 6. The molecule has 4 aromatic rings. The molecule has 0 spiro atoms. The fraction of sp³-hybridized carbons (Fsp3) is 0.136. The van der Waals surface area contributed by atoms with E-state index in [0.717, 1.165) is 12.1 Å². The lowest BCUT2D eigenvalue weighted by Crippen LogP contribution is -2.02. The van der Waals surface area contributed by atoms with Crippen LogP contribution in [0.4, 0.5) is 15.8 Å². The van der Waals surface area contributed by atoms with Crippen molar-refractivity contribution in [1.29, 1.82) is 0 Å². The third-order valence-corrected chi connectivity index (χ3v) is 4.58. The zero-order chi connectivity index (χ0) is 20.4. The Labute approximate surface area is 166 Å². The van der Waals surface area contributed by atoms with Crippen molar-refractivity contribution in [3.8, 4) is 22.6 Å². The number of oxazole rings is 1. The SMILES string of the molecule is CCCNc1ccc([N+](=O)[O-])cc1-c1ccc(F)cc1-c1nc2ccccc2o1. The molecule has 1 heterocycles. The van der Waals surface area contributed by atoms with Gasteiger partial charge in [0.25, 0.3) is 5.69 Å². The number of hydrogen-bond donors (Lipinski definition) is 1. The van der Waals surface area contributed by atoms with Gasteiger partial charge in [0.05, 0.1) is 4.92 Å². The van der Waals surface area contributed by atoms with Gasteiger partial charge in [-0.25, -0.2) is 9.37 Å². The Morgan fingerprint density at radius 3 is 2.66 bits per heavy atom. The smallest absolute Gasteiger partial charge is 0.270 e. The molecule has 0 atom stereocenters. The number of nitrogens with one attached hydrogen (secondary N) is 1. The van der Waals surface area contributed by atoms with Gasteiger partial charge >= 0.3 is 0 Å². The van der Waals surface area contributed by atoms with E-state index in [9.17, 15) is 14.5 Å². The third kappa shape index (κ3) is 3.67. The number of nitrogens with zero attached hydrogens (tertiary/aromatic N) is 2. The molecule has 7 heteroatoms. The topological polar surface area (TPSA) is 81.2 Å². The summed E-state index contributed by atoms with van der Waals surface area (Å²) in [5, 5.41) is 14.6. The van der Waals surface area contributed by atoms with Crippen molar-refractivity contribution in [3.05, 3.63) is 76.6 Å². The van der Waals surface area contributed by atoms with E-state index in [-0.39, 0.29) is 11.6 Å². The van der Waals surface area contributed by atoms with Crippen molar-refractivity contribution in [3.63, 3.8) is 0 Å². The van der Waals surface area contributed by atoms with Crippen molar-refractivity contribution in [2.45, 2.75) is 13.3 Å². The molecule has 0 fully saturated rings.